The van der Waals surface area contributed by atoms with Crippen LogP contribution in [-0.4, -0.2) is 40.4 Å². The topological polar surface area (TPSA) is 86.7 Å². The largest absolute Gasteiger partial charge is 0.481 e. The molecule has 2 amide bonds. The second-order valence-corrected chi connectivity index (χ2v) is 6.00. The molecule has 1 aromatic carbocycles. The monoisotopic (exact) mass is 318 g/mol. The van der Waals surface area contributed by atoms with Gasteiger partial charge in [-0.1, -0.05) is 30.3 Å². The molecule has 0 bridgehead atoms. The van der Waals surface area contributed by atoms with Gasteiger partial charge in [0.2, 0.25) is 11.8 Å². The molecule has 0 aromatic heterocycles. The van der Waals surface area contributed by atoms with Crippen LogP contribution in [-0.2, 0) is 20.9 Å². The maximum atomic E-state index is 12.2. The highest BCUT2D eigenvalue weighted by Crippen LogP contribution is 2.20. The fraction of sp³-hybridized carbons (Fsp3) is 0.471. The van der Waals surface area contributed by atoms with E-state index in [0.717, 1.165) is 5.56 Å². The standard InChI is InChI=1S/C17H22N2O4/c1-12(7-8-16(21)22)18-17(23)14-9-15(20)19(11-14)10-13-5-3-2-4-6-13/h2-6,12,14H,7-11H2,1H3,(H,18,23)(H,21,22). The number of hydrogen-bond acceptors (Lipinski definition) is 3. The lowest BCUT2D eigenvalue weighted by atomic mass is 10.1. The van der Waals surface area contributed by atoms with Crippen LogP contribution in [0.5, 0.6) is 0 Å². The smallest absolute Gasteiger partial charge is 0.303 e. The number of likely N-dealkylation sites (tertiary alicyclic amines) is 1. The van der Waals surface area contributed by atoms with E-state index in [1.165, 1.54) is 0 Å². The molecule has 124 valence electrons. The first-order valence-corrected chi connectivity index (χ1v) is 7.79. The molecule has 0 spiro atoms. The average molecular weight is 318 g/mol. The van der Waals surface area contributed by atoms with Crippen LogP contribution >= 0.6 is 0 Å². The van der Waals surface area contributed by atoms with E-state index in [1.54, 1.807) is 11.8 Å². The molecule has 2 N–H and O–H groups in total. The van der Waals surface area contributed by atoms with Gasteiger partial charge in [-0.05, 0) is 18.9 Å². The third kappa shape index (κ3) is 5.09. The zero-order chi connectivity index (χ0) is 16.8. The minimum atomic E-state index is -0.879. The molecule has 1 aromatic rings. The molecule has 1 heterocycles. The Labute approximate surface area is 135 Å². The Kier molecular flexibility index (Phi) is 5.73. The number of hydrogen-bond donors (Lipinski definition) is 2. The van der Waals surface area contributed by atoms with Gasteiger partial charge in [-0.3, -0.25) is 14.4 Å². The van der Waals surface area contributed by atoms with Gasteiger partial charge in [-0.2, -0.15) is 0 Å². The molecule has 0 aliphatic carbocycles. The van der Waals surface area contributed by atoms with Crippen LogP contribution in [0.2, 0.25) is 0 Å². The lowest BCUT2D eigenvalue weighted by Crippen LogP contribution is -2.38. The van der Waals surface area contributed by atoms with Crippen molar-refractivity contribution in [2.75, 3.05) is 6.54 Å². The van der Waals surface area contributed by atoms with Gasteiger partial charge >= 0.3 is 5.97 Å². The fourth-order valence-corrected chi connectivity index (χ4v) is 2.68. The highest BCUT2D eigenvalue weighted by molar-refractivity contribution is 5.89. The third-order valence-electron chi connectivity index (χ3n) is 3.98. The maximum Gasteiger partial charge on any atom is 0.303 e. The molecule has 2 rings (SSSR count). The molecule has 0 radical (unpaired) electrons. The number of aliphatic carboxylic acids is 1. The van der Waals surface area contributed by atoms with Gasteiger partial charge in [0.1, 0.15) is 0 Å². The van der Waals surface area contributed by atoms with Gasteiger partial charge in [0.05, 0.1) is 5.92 Å². The van der Waals surface area contributed by atoms with E-state index in [2.05, 4.69) is 5.32 Å². The number of carboxylic acid groups (broad SMARTS) is 1. The van der Waals surface area contributed by atoms with Crippen LogP contribution < -0.4 is 5.32 Å². The average Bonchev–Trinajstić information content (AvgIpc) is 2.87. The lowest BCUT2D eigenvalue weighted by Gasteiger charge is -2.18. The molecule has 2 atom stereocenters. The van der Waals surface area contributed by atoms with E-state index in [9.17, 15) is 14.4 Å². The number of nitrogens with one attached hydrogen (secondary N) is 1. The molecule has 6 heteroatoms. The van der Waals surface area contributed by atoms with Gasteiger partial charge in [-0.15, -0.1) is 0 Å². The Morgan fingerprint density at radius 1 is 1.35 bits per heavy atom. The van der Waals surface area contributed by atoms with Crippen LogP contribution in [0.25, 0.3) is 0 Å². The van der Waals surface area contributed by atoms with Crippen molar-refractivity contribution in [1.29, 1.82) is 0 Å². The number of benzene rings is 1. The van der Waals surface area contributed by atoms with Crippen LogP contribution in [0.3, 0.4) is 0 Å². The normalized spacial score (nSPS) is 18.7. The molecule has 23 heavy (non-hydrogen) atoms. The van der Waals surface area contributed by atoms with Crippen molar-refractivity contribution >= 4 is 17.8 Å². The SMILES string of the molecule is CC(CCC(=O)O)NC(=O)C1CC(=O)N(Cc2ccccc2)C1. The van der Waals surface area contributed by atoms with E-state index in [-0.39, 0.29) is 36.6 Å². The first-order chi connectivity index (χ1) is 11.0. The molecular formula is C17H22N2O4. The summed E-state index contributed by atoms with van der Waals surface area (Å²) < 4.78 is 0. The van der Waals surface area contributed by atoms with Crippen molar-refractivity contribution in [3.8, 4) is 0 Å². The highest BCUT2D eigenvalue weighted by atomic mass is 16.4. The van der Waals surface area contributed by atoms with E-state index in [4.69, 9.17) is 5.11 Å². The van der Waals surface area contributed by atoms with Crippen LogP contribution in [0, 0.1) is 5.92 Å². The van der Waals surface area contributed by atoms with Crippen molar-refractivity contribution in [3.05, 3.63) is 35.9 Å². The molecule has 0 saturated carbocycles. The summed E-state index contributed by atoms with van der Waals surface area (Å²) in [6.45, 7) is 2.70. The van der Waals surface area contributed by atoms with Crippen molar-refractivity contribution in [3.63, 3.8) is 0 Å². The molecule has 1 aliphatic heterocycles. The molecular weight excluding hydrogens is 296 g/mol. The van der Waals surface area contributed by atoms with Crippen molar-refractivity contribution < 1.29 is 19.5 Å². The van der Waals surface area contributed by atoms with Crippen LogP contribution in [0.4, 0.5) is 0 Å². The van der Waals surface area contributed by atoms with Gasteiger partial charge in [0, 0.05) is 32.0 Å². The summed E-state index contributed by atoms with van der Waals surface area (Å²) in [5.74, 6) is -1.44. The Hall–Kier alpha value is -2.37. The zero-order valence-corrected chi connectivity index (χ0v) is 13.2. The first kappa shape index (κ1) is 17.0. The minimum absolute atomic E-state index is 0.0190. The minimum Gasteiger partial charge on any atom is -0.481 e. The van der Waals surface area contributed by atoms with Crippen LogP contribution in [0.15, 0.2) is 30.3 Å². The van der Waals surface area contributed by atoms with Gasteiger partial charge in [0.15, 0.2) is 0 Å². The fourth-order valence-electron chi connectivity index (χ4n) is 2.68. The number of nitrogens with zero attached hydrogens (tertiary/aromatic N) is 1. The summed E-state index contributed by atoms with van der Waals surface area (Å²) in [5, 5.41) is 11.5. The number of carboxylic acids is 1. The van der Waals surface area contributed by atoms with E-state index in [1.807, 2.05) is 30.3 Å². The summed E-state index contributed by atoms with van der Waals surface area (Å²) in [7, 11) is 0. The van der Waals surface area contributed by atoms with Gasteiger partial charge in [0.25, 0.3) is 0 Å². The summed E-state index contributed by atoms with van der Waals surface area (Å²) in [5.41, 5.74) is 1.04. The number of carbonyl (C=O) groups is 3. The van der Waals surface area contributed by atoms with Gasteiger partial charge < -0.3 is 15.3 Å². The molecule has 1 fully saturated rings. The van der Waals surface area contributed by atoms with Crippen molar-refractivity contribution in [2.45, 2.75) is 38.8 Å². The van der Waals surface area contributed by atoms with Crippen molar-refractivity contribution in [1.82, 2.24) is 10.2 Å². The zero-order valence-electron chi connectivity index (χ0n) is 13.2. The quantitative estimate of drug-likeness (QED) is 0.796. The van der Waals surface area contributed by atoms with Crippen LogP contribution in [0.1, 0.15) is 31.7 Å². The number of amides is 2. The summed E-state index contributed by atoms with van der Waals surface area (Å²) >= 11 is 0. The first-order valence-electron chi connectivity index (χ1n) is 7.79. The summed E-state index contributed by atoms with van der Waals surface area (Å²) in [6, 6.07) is 9.46. The summed E-state index contributed by atoms with van der Waals surface area (Å²) in [4.78, 5) is 36.5. The van der Waals surface area contributed by atoms with E-state index in [0.29, 0.717) is 19.5 Å². The Bertz CT molecular complexity index is 573. The third-order valence-corrected chi connectivity index (χ3v) is 3.98. The predicted molar refractivity (Wildman–Crippen MR) is 84.4 cm³/mol. The van der Waals surface area contributed by atoms with Crippen molar-refractivity contribution in [2.24, 2.45) is 5.92 Å². The Morgan fingerprint density at radius 2 is 2.04 bits per heavy atom. The molecule has 1 aliphatic rings. The van der Waals surface area contributed by atoms with E-state index >= 15 is 0 Å². The number of carbonyl (C=O) groups excluding carboxylic acids is 2. The molecule has 1 saturated heterocycles. The van der Waals surface area contributed by atoms with E-state index < -0.39 is 5.97 Å². The second-order valence-electron chi connectivity index (χ2n) is 6.00. The Morgan fingerprint density at radius 3 is 2.70 bits per heavy atom. The molecule has 2 unspecified atom stereocenters. The van der Waals surface area contributed by atoms with Gasteiger partial charge in [-0.25, -0.2) is 0 Å². The lowest BCUT2D eigenvalue weighted by molar-refractivity contribution is -0.137. The maximum absolute atomic E-state index is 12.2. The molecule has 6 nitrogen and oxygen atoms in total. The second kappa shape index (κ2) is 7.76. The summed E-state index contributed by atoms with van der Waals surface area (Å²) in [6.07, 6.45) is 0.616. The number of rotatable bonds is 7. The Balaban J connectivity index is 1.84. The highest BCUT2D eigenvalue weighted by Gasteiger charge is 2.34. The predicted octanol–water partition coefficient (Wildman–Crippen LogP) is 1.40.